The molecule has 0 atom stereocenters. The Balaban J connectivity index is 4.52. The summed E-state index contributed by atoms with van der Waals surface area (Å²) in [4.78, 5) is 16.3. The Kier molecular flexibility index (Phi) is 7.12. The first-order chi connectivity index (χ1) is 7.79. The molecule has 0 bridgehead atoms. The van der Waals surface area contributed by atoms with Gasteiger partial charge in [0.2, 0.25) is 5.91 Å². The molecule has 3 heteroatoms. The van der Waals surface area contributed by atoms with E-state index < -0.39 is 0 Å². The third-order valence-corrected chi connectivity index (χ3v) is 2.70. The number of likely N-dealkylation sites (N-methyl/N-ethyl adjacent to an activating group) is 1. The Morgan fingerprint density at radius 1 is 1.12 bits per heavy atom. The number of rotatable bonds is 7. The number of hydrogen-bond acceptors (Lipinski definition) is 2. The zero-order valence-corrected chi connectivity index (χ0v) is 12.3. The SMILES string of the molecule is C=C(C)CN(CC)CC(=O)N(C(C)C)C(C)C. The summed E-state index contributed by atoms with van der Waals surface area (Å²) in [7, 11) is 0. The van der Waals surface area contributed by atoms with Crippen LogP contribution in [0, 0.1) is 0 Å². The topological polar surface area (TPSA) is 23.6 Å². The first kappa shape index (κ1) is 16.2. The number of amides is 1. The second-order valence-electron chi connectivity index (χ2n) is 5.25. The number of hydrogen-bond donors (Lipinski definition) is 0. The molecule has 0 aliphatic carbocycles. The first-order valence-corrected chi connectivity index (χ1v) is 6.47. The molecule has 0 N–H and O–H groups in total. The zero-order valence-electron chi connectivity index (χ0n) is 12.3. The summed E-state index contributed by atoms with van der Waals surface area (Å²) in [5, 5.41) is 0. The van der Waals surface area contributed by atoms with Crippen molar-refractivity contribution in [3.8, 4) is 0 Å². The highest BCUT2D eigenvalue weighted by molar-refractivity contribution is 5.78. The molecule has 0 saturated heterocycles. The van der Waals surface area contributed by atoms with Crippen LogP contribution in [0.5, 0.6) is 0 Å². The molecule has 0 heterocycles. The van der Waals surface area contributed by atoms with Gasteiger partial charge in [0.05, 0.1) is 6.54 Å². The van der Waals surface area contributed by atoms with E-state index in [2.05, 4.69) is 46.1 Å². The van der Waals surface area contributed by atoms with Crippen LogP contribution in [0.4, 0.5) is 0 Å². The van der Waals surface area contributed by atoms with Crippen LogP contribution in [0.1, 0.15) is 41.5 Å². The summed E-state index contributed by atoms with van der Waals surface area (Å²) in [6.45, 7) is 18.4. The highest BCUT2D eigenvalue weighted by atomic mass is 16.2. The predicted molar refractivity (Wildman–Crippen MR) is 74.0 cm³/mol. The average molecular weight is 240 g/mol. The van der Waals surface area contributed by atoms with Gasteiger partial charge in [-0.3, -0.25) is 9.69 Å². The second kappa shape index (κ2) is 7.49. The number of carbonyl (C=O) groups excluding carboxylic acids is 1. The average Bonchev–Trinajstić information content (AvgIpc) is 2.14. The van der Waals surface area contributed by atoms with E-state index in [9.17, 15) is 4.79 Å². The van der Waals surface area contributed by atoms with Crippen molar-refractivity contribution < 1.29 is 4.79 Å². The van der Waals surface area contributed by atoms with Crippen LogP contribution in [-0.4, -0.2) is 47.4 Å². The zero-order chi connectivity index (χ0) is 13.6. The highest BCUT2D eigenvalue weighted by Crippen LogP contribution is 2.07. The smallest absolute Gasteiger partial charge is 0.237 e. The maximum atomic E-state index is 12.2. The van der Waals surface area contributed by atoms with Crippen LogP contribution >= 0.6 is 0 Å². The van der Waals surface area contributed by atoms with Crippen LogP contribution in [0.3, 0.4) is 0 Å². The van der Waals surface area contributed by atoms with E-state index in [4.69, 9.17) is 0 Å². The van der Waals surface area contributed by atoms with E-state index in [0.29, 0.717) is 6.54 Å². The Hall–Kier alpha value is -0.830. The summed E-state index contributed by atoms with van der Waals surface area (Å²) < 4.78 is 0. The first-order valence-electron chi connectivity index (χ1n) is 6.47. The molecule has 0 aliphatic heterocycles. The van der Waals surface area contributed by atoms with Crippen molar-refractivity contribution in [3.05, 3.63) is 12.2 Å². The maximum absolute atomic E-state index is 12.2. The van der Waals surface area contributed by atoms with E-state index in [1.165, 1.54) is 0 Å². The fourth-order valence-electron chi connectivity index (χ4n) is 2.11. The molecule has 0 unspecified atom stereocenters. The second-order valence-corrected chi connectivity index (χ2v) is 5.25. The molecule has 0 spiro atoms. The van der Waals surface area contributed by atoms with Gasteiger partial charge in [0.15, 0.2) is 0 Å². The van der Waals surface area contributed by atoms with Gasteiger partial charge in [-0.05, 0) is 41.2 Å². The molecule has 0 aromatic heterocycles. The predicted octanol–water partition coefficient (Wildman–Crippen LogP) is 2.53. The third kappa shape index (κ3) is 5.87. The summed E-state index contributed by atoms with van der Waals surface area (Å²) in [6, 6.07) is 0.511. The normalized spacial score (nSPS) is 11.4. The van der Waals surface area contributed by atoms with Gasteiger partial charge in [0.1, 0.15) is 0 Å². The quantitative estimate of drug-likeness (QED) is 0.638. The Morgan fingerprint density at radius 3 is 1.88 bits per heavy atom. The lowest BCUT2D eigenvalue weighted by atomic mass is 10.2. The van der Waals surface area contributed by atoms with Gasteiger partial charge >= 0.3 is 0 Å². The lowest BCUT2D eigenvalue weighted by molar-refractivity contribution is -0.135. The van der Waals surface area contributed by atoms with E-state index in [-0.39, 0.29) is 18.0 Å². The van der Waals surface area contributed by atoms with Gasteiger partial charge in [0.25, 0.3) is 0 Å². The minimum Gasteiger partial charge on any atom is -0.337 e. The molecule has 0 rings (SSSR count). The Morgan fingerprint density at radius 2 is 1.59 bits per heavy atom. The van der Waals surface area contributed by atoms with Gasteiger partial charge in [-0.15, -0.1) is 0 Å². The lowest BCUT2D eigenvalue weighted by Crippen LogP contribution is -2.47. The van der Waals surface area contributed by atoms with Crippen molar-refractivity contribution in [2.45, 2.75) is 53.6 Å². The molecule has 0 aromatic carbocycles. The van der Waals surface area contributed by atoms with Crippen LogP contribution in [0.2, 0.25) is 0 Å². The van der Waals surface area contributed by atoms with Gasteiger partial charge in [-0.2, -0.15) is 0 Å². The molecule has 0 saturated carbocycles. The lowest BCUT2D eigenvalue weighted by Gasteiger charge is -2.33. The van der Waals surface area contributed by atoms with Crippen molar-refractivity contribution in [2.75, 3.05) is 19.6 Å². The molecule has 3 nitrogen and oxygen atoms in total. The van der Waals surface area contributed by atoms with Crippen molar-refractivity contribution in [3.63, 3.8) is 0 Å². The highest BCUT2D eigenvalue weighted by Gasteiger charge is 2.21. The van der Waals surface area contributed by atoms with E-state index >= 15 is 0 Å². The van der Waals surface area contributed by atoms with Crippen LogP contribution in [-0.2, 0) is 4.79 Å². The summed E-state index contributed by atoms with van der Waals surface area (Å²) >= 11 is 0. The van der Waals surface area contributed by atoms with Crippen LogP contribution in [0.25, 0.3) is 0 Å². The monoisotopic (exact) mass is 240 g/mol. The molecular weight excluding hydrogens is 212 g/mol. The summed E-state index contributed by atoms with van der Waals surface area (Å²) in [6.07, 6.45) is 0. The Labute approximate surface area is 106 Å². The van der Waals surface area contributed by atoms with E-state index in [1.54, 1.807) is 0 Å². The largest absolute Gasteiger partial charge is 0.337 e. The van der Waals surface area contributed by atoms with Gasteiger partial charge in [0, 0.05) is 18.6 Å². The minimum absolute atomic E-state index is 0.207. The van der Waals surface area contributed by atoms with Gasteiger partial charge < -0.3 is 4.90 Å². The standard InChI is InChI=1S/C14H28N2O/c1-8-15(9-11(2)3)10-14(17)16(12(4)5)13(6)7/h12-13H,2,8-10H2,1,3-7H3. The van der Waals surface area contributed by atoms with Crippen molar-refractivity contribution in [2.24, 2.45) is 0 Å². The van der Waals surface area contributed by atoms with Crippen molar-refractivity contribution >= 4 is 5.91 Å². The fraction of sp³-hybridized carbons (Fsp3) is 0.786. The number of carbonyl (C=O) groups is 1. The summed E-state index contributed by atoms with van der Waals surface area (Å²) in [5.41, 5.74) is 1.10. The van der Waals surface area contributed by atoms with Crippen LogP contribution < -0.4 is 0 Å². The van der Waals surface area contributed by atoms with Crippen molar-refractivity contribution in [1.82, 2.24) is 9.80 Å². The molecule has 0 aliphatic rings. The fourth-order valence-corrected chi connectivity index (χ4v) is 2.11. The third-order valence-electron chi connectivity index (χ3n) is 2.70. The molecule has 0 fully saturated rings. The van der Waals surface area contributed by atoms with Gasteiger partial charge in [-0.25, -0.2) is 0 Å². The molecule has 1 amide bonds. The Bertz CT molecular complexity index is 251. The van der Waals surface area contributed by atoms with Crippen LogP contribution in [0.15, 0.2) is 12.2 Å². The maximum Gasteiger partial charge on any atom is 0.237 e. The number of nitrogens with zero attached hydrogens (tertiary/aromatic N) is 2. The summed E-state index contributed by atoms with van der Waals surface area (Å²) in [5.74, 6) is 0.207. The van der Waals surface area contributed by atoms with E-state index in [1.807, 2.05) is 11.8 Å². The van der Waals surface area contributed by atoms with Crippen molar-refractivity contribution in [1.29, 1.82) is 0 Å². The molecule has 17 heavy (non-hydrogen) atoms. The van der Waals surface area contributed by atoms with E-state index in [0.717, 1.165) is 18.7 Å². The van der Waals surface area contributed by atoms with Gasteiger partial charge in [-0.1, -0.05) is 19.1 Å². The molecule has 0 aromatic rings. The molecule has 0 radical (unpaired) electrons. The molecular formula is C14H28N2O. The minimum atomic E-state index is 0.207. The molecule has 100 valence electrons.